The number of aromatic nitrogens is 2. The van der Waals surface area contributed by atoms with Crippen LogP contribution in [0.3, 0.4) is 0 Å². The van der Waals surface area contributed by atoms with Gasteiger partial charge in [-0.3, -0.25) is 4.79 Å². The molecule has 20 heavy (non-hydrogen) atoms. The highest BCUT2D eigenvalue weighted by molar-refractivity contribution is 7.16. The van der Waals surface area contributed by atoms with Gasteiger partial charge in [-0.25, -0.2) is 9.97 Å². The van der Waals surface area contributed by atoms with Crippen molar-refractivity contribution in [1.82, 2.24) is 9.97 Å². The maximum absolute atomic E-state index is 11.0. The fraction of sp³-hybridized carbons (Fsp3) is 0.0714. The smallest absolute Gasteiger partial charge is 0.308 e. The minimum Gasteiger partial charge on any atom is -0.423 e. The van der Waals surface area contributed by atoms with Gasteiger partial charge in [0.05, 0.1) is 15.7 Å². The van der Waals surface area contributed by atoms with Gasteiger partial charge in [-0.1, -0.05) is 6.07 Å². The SMILES string of the molecule is CC(=O)Oc1cc(-c2ccc3ncsc3c2)cnc1N. The number of rotatable bonds is 2. The van der Waals surface area contributed by atoms with Crippen LogP contribution in [-0.4, -0.2) is 15.9 Å². The molecule has 0 fully saturated rings. The largest absolute Gasteiger partial charge is 0.423 e. The molecule has 0 spiro atoms. The number of carbonyl (C=O) groups is 1. The number of nitrogen functional groups attached to an aromatic ring is 1. The van der Waals surface area contributed by atoms with Crippen molar-refractivity contribution >= 4 is 33.3 Å². The van der Waals surface area contributed by atoms with E-state index in [0.717, 1.165) is 21.3 Å². The number of hydrogen-bond donors (Lipinski definition) is 1. The monoisotopic (exact) mass is 285 g/mol. The van der Waals surface area contributed by atoms with Crippen LogP contribution in [-0.2, 0) is 4.79 Å². The van der Waals surface area contributed by atoms with E-state index in [4.69, 9.17) is 10.5 Å². The molecule has 0 aliphatic heterocycles. The van der Waals surface area contributed by atoms with Crippen LogP contribution in [0.25, 0.3) is 21.3 Å². The van der Waals surface area contributed by atoms with Gasteiger partial charge < -0.3 is 10.5 Å². The number of nitrogens with zero attached hydrogens (tertiary/aromatic N) is 2. The van der Waals surface area contributed by atoms with Crippen LogP contribution in [0, 0.1) is 0 Å². The molecule has 3 rings (SSSR count). The number of hydrogen-bond acceptors (Lipinski definition) is 6. The first kappa shape index (κ1) is 12.6. The molecule has 5 nitrogen and oxygen atoms in total. The fourth-order valence-electron chi connectivity index (χ4n) is 1.88. The van der Waals surface area contributed by atoms with Crippen LogP contribution in [0.1, 0.15) is 6.92 Å². The maximum Gasteiger partial charge on any atom is 0.308 e. The van der Waals surface area contributed by atoms with Gasteiger partial charge in [0.15, 0.2) is 11.6 Å². The van der Waals surface area contributed by atoms with Crippen LogP contribution in [0.4, 0.5) is 5.82 Å². The molecule has 2 N–H and O–H groups in total. The van der Waals surface area contributed by atoms with Crippen molar-refractivity contribution < 1.29 is 9.53 Å². The summed E-state index contributed by atoms with van der Waals surface area (Å²) in [6.07, 6.45) is 1.66. The Morgan fingerprint density at radius 3 is 2.90 bits per heavy atom. The van der Waals surface area contributed by atoms with Gasteiger partial charge in [0, 0.05) is 18.7 Å². The Labute approximate surface area is 119 Å². The van der Waals surface area contributed by atoms with Gasteiger partial charge in [0.2, 0.25) is 0 Å². The number of pyridine rings is 1. The molecular formula is C14H11N3O2S. The van der Waals surface area contributed by atoms with Gasteiger partial charge >= 0.3 is 5.97 Å². The maximum atomic E-state index is 11.0. The number of carbonyl (C=O) groups excluding carboxylic acids is 1. The summed E-state index contributed by atoms with van der Waals surface area (Å²) in [5.41, 5.74) is 10.3. The zero-order valence-corrected chi connectivity index (χ0v) is 11.5. The zero-order chi connectivity index (χ0) is 14.1. The Balaban J connectivity index is 2.06. The summed E-state index contributed by atoms with van der Waals surface area (Å²) >= 11 is 1.57. The lowest BCUT2D eigenvalue weighted by molar-refractivity contribution is -0.131. The fourth-order valence-corrected chi connectivity index (χ4v) is 2.60. The minimum atomic E-state index is -0.423. The molecule has 0 radical (unpaired) electrons. The van der Waals surface area contributed by atoms with Gasteiger partial charge in [-0.2, -0.15) is 0 Å². The predicted molar refractivity (Wildman–Crippen MR) is 78.6 cm³/mol. The second-order valence-electron chi connectivity index (χ2n) is 4.24. The molecule has 0 aliphatic carbocycles. The molecule has 2 aromatic heterocycles. The predicted octanol–water partition coefficient (Wildman–Crippen LogP) is 2.87. The van der Waals surface area contributed by atoms with E-state index >= 15 is 0 Å². The minimum absolute atomic E-state index is 0.197. The van der Waals surface area contributed by atoms with Crippen molar-refractivity contribution in [3.63, 3.8) is 0 Å². The van der Waals surface area contributed by atoms with Crippen molar-refractivity contribution in [3.05, 3.63) is 36.0 Å². The van der Waals surface area contributed by atoms with Gasteiger partial charge in [0.1, 0.15) is 0 Å². The van der Waals surface area contributed by atoms with Crippen molar-refractivity contribution in [3.8, 4) is 16.9 Å². The van der Waals surface area contributed by atoms with Crippen LogP contribution in [0.15, 0.2) is 36.0 Å². The highest BCUT2D eigenvalue weighted by Crippen LogP contribution is 2.30. The Morgan fingerprint density at radius 1 is 1.25 bits per heavy atom. The summed E-state index contributed by atoms with van der Waals surface area (Å²) in [5, 5.41) is 0. The molecule has 2 heterocycles. The lowest BCUT2D eigenvalue weighted by Gasteiger charge is -2.07. The quantitative estimate of drug-likeness (QED) is 0.732. The first-order valence-corrected chi connectivity index (χ1v) is 6.79. The number of ether oxygens (including phenoxy) is 1. The molecule has 0 aliphatic rings. The van der Waals surface area contributed by atoms with E-state index in [9.17, 15) is 4.79 Å². The molecule has 0 unspecified atom stereocenters. The Hall–Kier alpha value is -2.47. The number of benzene rings is 1. The summed E-state index contributed by atoms with van der Waals surface area (Å²) in [6.45, 7) is 1.33. The standard InChI is InChI=1S/C14H11N3O2S/c1-8(18)19-12-4-10(6-16-14(12)15)9-2-3-11-13(5-9)20-7-17-11/h2-7H,1H3,(H2,15,16). The summed E-state index contributed by atoms with van der Waals surface area (Å²) in [6, 6.07) is 7.64. The summed E-state index contributed by atoms with van der Waals surface area (Å²) in [7, 11) is 0. The molecule has 0 atom stereocenters. The molecular weight excluding hydrogens is 274 g/mol. The Kier molecular flexibility index (Phi) is 3.08. The van der Waals surface area contributed by atoms with Gasteiger partial charge in [-0.05, 0) is 23.8 Å². The lowest BCUT2D eigenvalue weighted by Crippen LogP contribution is -2.05. The highest BCUT2D eigenvalue weighted by atomic mass is 32.1. The highest BCUT2D eigenvalue weighted by Gasteiger charge is 2.09. The van der Waals surface area contributed by atoms with Crippen molar-refractivity contribution in [2.24, 2.45) is 0 Å². The van der Waals surface area contributed by atoms with E-state index in [1.54, 1.807) is 29.1 Å². The summed E-state index contributed by atoms with van der Waals surface area (Å²) < 4.78 is 6.13. The van der Waals surface area contributed by atoms with E-state index in [-0.39, 0.29) is 11.6 Å². The number of thiazole rings is 1. The molecule has 3 aromatic rings. The van der Waals surface area contributed by atoms with E-state index in [2.05, 4.69) is 9.97 Å². The normalized spacial score (nSPS) is 10.7. The Bertz CT molecular complexity index is 798. The van der Waals surface area contributed by atoms with E-state index in [1.165, 1.54) is 6.92 Å². The van der Waals surface area contributed by atoms with Crippen LogP contribution in [0.5, 0.6) is 5.75 Å². The summed E-state index contributed by atoms with van der Waals surface area (Å²) in [5.74, 6) is 0.0516. The number of nitrogens with two attached hydrogens (primary N) is 1. The average molecular weight is 285 g/mol. The first-order chi connectivity index (χ1) is 9.63. The van der Waals surface area contributed by atoms with Gasteiger partial charge in [-0.15, -0.1) is 11.3 Å². The molecule has 0 amide bonds. The van der Waals surface area contributed by atoms with Crippen molar-refractivity contribution in [2.75, 3.05) is 5.73 Å². The van der Waals surface area contributed by atoms with E-state index < -0.39 is 5.97 Å². The molecule has 100 valence electrons. The number of fused-ring (bicyclic) bond motifs is 1. The van der Waals surface area contributed by atoms with E-state index in [1.807, 2.05) is 18.2 Å². The zero-order valence-electron chi connectivity index (χ0n) is 10.7. The third kappa shape index (κ3) is 2.33. The van der Waals surface area contributed by atoms with Crippen molar-refractivity contribution in [1.29, 1.82) is 0 Å². The Morgan fingerprint density at radius 2 is 2.10 bits per heavy atom. The first-order valence-electron chi connectivity index (χ1n) is 5.91. The number of anilines is 1. The van der Waals surface area contributed by atoms with Gasteiger partial charge in [0.25, 0.3) is 0 Å². The van der Waals surface area contributed by atoms with E-state index in [0.29, 0.717) is 0 Å². The van der Waals surface area contributed by atoms with Crippen molar-refractivity contribution in [2.45, 2.75) is 6.92 Å². The molecule has 6 heteroatoms. The van der Waals surface area contributed by atoms with Crippen LogP contribution >= 0.6 is 11.3 Å². The topological polar surface area (TPSA) is 78.1 Å². The molecule has 0 saturated heterocycles. The molecule has 0 saturated carbocycles. The summed E-state index contributed by atoms with van der Waals surface area (Å²) in [4.78, 5) is 19.3. The van der Waals surface area contributed by atoms with Crippen LogP contribution in [0.2, 0.25) is 0 Å². The number of esters is 1. The third-order valence-corrected chi connectivity index (χ3v) is 3.59. The molecule has 1 aromatic carbocycles. The van der Waals surface area contributed by atoms with Crippen LogP contribution < -0.4 is 10.5 Å². The second-order valence-corrected chi connectivity index (χ2v) is 5.12. The third-order valence-electron chi connectivity index (χ3n) is 2.80. The lowest BCUT2D eigenvalue weighted by atomic mass is 10.1. The molecule has 0 bridgehead atoms. The average Bonchev–Trinajstić information content (AvgIpc) is 2.88. The second kappa shape index (κ2) is 4.90.